The maximum absolute atomic E-state index is 13.2. The molecule has 0 N–H and O–H groups in total. The first-order valence-corrected chi connectivity index (χ1v) is 16.4. The van der Waals surface area contributed by atoms with Crippen LogP contribution in [0.5, 0.6) is 11.5 Å². The molecular formula is C38H45NO7. The minimum atomic E-state index is -1.05. The number of benzene rings is 3. The van der Waals surface area contributed by atoms with Crippen molar-refractivity contribution in [2.75, 3.05) is 13.7 Å². The summed E-state index contributed by atoms with van der Waals surface area (Å²) < 4.78 is 16.3. The lowest BCUT2D eigenvalue weighted by atomic mass is 10.0. The number of carbonyl (C=O) groups excluding carboxylic acids is 4. The van der Waals surface area contributed by atoms with Gasteiger partial charge in [-0.2, -0.15) is 0 Å². The van der Waals surface area contributed by atoms with E-state index in [0.717, 1.165) is 28.2 Å². The normalized spacial score (nSPS) is 13.1. The van der Waals surface area contributed by atoms with Gasteiger partial charge in [0.1, 0.15) is 17.5 Å². The third-order valence-electron chi connectivity index (χ3n) is 8.15. The van der Waals surface area contributed by atoms with Gasteiger partial charge in [-0.1, -0.05) is 90.0 Å². The standard InChI is InChI=1S/C38H45NO7/c1-5-6-7-8-9-10-11-12-23-45-30-18-13-27(14-19-30)28-15-20-31(21-16-28)46-37(42)29-17-22-32-33(25-29)36(41)39(35(32)40)34(24-26(2)3)38(43)44-4/h13-22,25-26,34H,5-12,23-24H2,1-4H3. The number of imide groups is 1. The van der Waals surface area contributed by atoms with Gasteiger partial charge in [-0.3, -0.25) is 14.5 Å². The number of unbranched alkanes of at least 4 members (excludes halogenated alkanes) is 7. The molecule has 0 aliphatic carbocycles. The second kappa shape index (κ2) is 16.7. The molecule has 3 aromatic carbocycles. The van der Waals surface area contributed by atoms with Gasteiger partial charge in [0.15, 0.2) is 0 Å². The first-order valence-electron chi connectivity index (χ1n) is 16.4. The number of fused-ring (bicyclic) bond motifs is 1. The van der Waals surface area contributed by atoms with E-state index in [1.54, 1.807) is 12.1 Å². The molecule has 1 atom stereocenters. The smallest absolute Gasteiger partial charge is 0.343 e. The van der Waals surface area contributed by atoms with Crippen molar-refractivity contribution in [3.05, 3.63) is 83.4 Å². The summed E-state index contributed by atoms with van der Waals surface area (Å²) in [4.78, 5) is 52.7. The van der Waals surface area contributed by atoms with Crippen LogP contribution in [0.2, 0.25) is 0 Å². The summed E-state index contributed by atoms with van der Waals surface area (Å²) in [6, 6.07) is 18.2. The van der Waals surface area contributed by atoms with Gasteiger partial charge in [0.05, 0.1) is 30.4 Å². The van der Waals surface area contributed by atoms with Crippen molar-refractivity contribution >= 4 is 23.8 Å². The van der Waals surface area contributed by atoms with E-state index in [0.29, 0.717) is 12.4 Å². The number of carbonyl (C=O) groups is 4. The van der Waals surface area contributed by atoms with Crippen LogP contribution in [0.15, 0.2) is 66.7 Å². The number of nitrogens with zero attached hydrogens (tertiary/aromatic N) is 1. The van der Waals surface area contributed by atoms with Crippen LogP contribution in [0.1, 0.15) is 110 Å². The molecular weight excluding hydrogens is 582 g/mol. The van der Waals surface area contributed by atoms with Crippen LogP contribution in [0.25, 0.3) is 11.1 Å². The average Bonchev–Trinajstić information content (AvgIpc) is 3.31. The van der Waals surface area contributed by atoms with E-state index < -0.39 is 29.8 Å². The molecule has 8 heteroatoms. The average molecular weight is 628 g/mol. The Morgan fingerprint density at radius 2 is 1.28 bits per heavy atom. The molecule has 0 fully saturated rings. The Morgan fingerprint density at radius 3 is 1.87 bits per heavy atom. The number of esters is 2. The van der Waals surface area contributed by atoms with E-state index in [2.05, 4.69) is 6.92 Å². The summed E-state index contributed by atoms with van der Waals surface area (Å²) >= 11 is 0. The highest BCUT2D eigenvalue weighted by Crippen LogP contribution is 2.30. The van der Waals surface area contributed by atoms with Gasteiger partial charge in [0, 0.05) is 0 Å². The minimum absolute atomic E-state index is 0.0353. The predicted octanol–water partition coefficient (Wildman–Crippen LogP) is 8.28. The van der Waals surface area contributed by atoms with Crippen molar-refractivity contribution in [2.24, 2.45) is 5.92 Å². The van der Waals surface area contributed by atoms with E-state index in [1.807, 2.05) is 50.2 Å². The van der Waals surface area contributed by atoms with Crippen molar-refractivity contribution < 1.29 is 33.4 Å². The van der Waals surface area contributed by atoms with Crippen LogP contribution in [0.3, 0.4) is 0 Å². The lowest BCUT2D eigenvalue weighted by molar-refractivity contribution is -0.145. The van der Waals surface area contributed by atoms with E-state index >= 15 is 0 Å². The van der Waals surface area contributed by atoms with Crippen LogP contribution < -0.4 is 9.47 Å². The molecule has 4 rings (SSSR count). The summed E-state index contributed by atoms with van der Waals surface area (Å²) in [6.45, 7) is 6.73. The number of hydrogen-bond donors (Lipinski definition) is 0. The molecule has 8 nitrogen and oxygen atoms in total. The minimum Gasteiger partial charge on any atom is -0.494 e. The number of hydrogen-bond acceptors (Lipinski definition) is 7. The molecule has 46 heavy (non-hydrogen) atoms. The van der Waals surface area contributed by atoms with E-state index in [1.165, 1.54) is 70.3 Å². The molecule has 0 saturated heterocycles. The van der Waals surface area contributed by atoms with Crippen molar-refractivity contribution in [3.63, 3.8) is 0 Å². The van der Waals surface area contributed by atoms with Crippen molar-refractivity contribution in [3.8, 4) is 22.6 Å². The van der Waals surface area contributed by atoms with Gasteiger partial charge in [0.25, 0.3) is 11.8 Å². The molecule has 0 saturated carbocycles. The number of amides is 2. The SMILES string of the molecule is CCCCCCCCCCOc1ccc(-c2ccc(OC(=O)c3ccc4c(c3)C(=O)N(C(CC(C)C)C(=O)OC)C4=O)cc2)cc1. The maximum atomic E-state index is 13.2. The molecule has 0 bridgehead atoms. The summed E-state index contributed by atoms with van der Waals surface area (Å²) in [5, 5.41) is 0. The molecule has 0 spiro atoms. The van der Waals surface area contributed by atoms with E-state index in [9.17, 15) is 19.2 Å². The molecule has 3 aromatic rings. The van der Waals surface area contributed by atoms with E-state index in [4.69, 9.17) is 14.2 Å². The van der Waals surface area contributed by atoms with E-state index in [-0.39, 0.29) is 29.0 Å². The second-order valence-corrected chi connectivity index (χ2v) is 12.2. The monoisotopic (exact) mass is 627 g/mol. The van der Waals surface area contributed by atoms with Crippen molar-refractivity contribution in [2.45, 2.75) is 84.6 Å². The third-order valence-corrected chi connectivity index (χ3v) is 8.15. The topological polar surface area (TPSA) is 99.2 Å². The third kappa shape index (κ3) is 8.83. The molecule has 0 radical (unpaired) electrons. The molecule has 0 aromatic heterocycles. The zero-order valence-corrected chi connectivity index (χ0v) is 27.4. The lowest BCUT2D eigenvalue weighted by Crippen LogP contribution is -2.46. The fourth-order valence-electron chi connectivity index (χ4n) is 5.61. The van der Waals surface area contributed by atoms with Crippen LogP contribution in [-0.2, 0) is 9.53 Å². The highest BCUT2D eigenvalue weighted by Gasteiger charge is 2.43. The second-order valence-electron chi connectivity index (χ2n) is 12.2. The molecule has 1 heterocycles. The first-order chi connectivity index (χ1) is 22.2. The molecule has 2 amide bonds. The van der Waals surface area contributed by atoms with Gasteiger partial charge < -0.3 is 14.2 Å². The summed E-state index contributed by atoms with van der Waals surface area (Å²) in [6.07, 6.45) is 10.4. The largest absolute Gasteiger partial charge is 0.494 e. The molecule has 244 valence electrons. The van der Waals surface area contributed by atoms with Gasteiger partial charge in [-0.05, 0) is 72.4 Å². The quantitative estimate of drug-likeness (QED) is 0.0643. The van der Waals surface area contributed by atoms with Crippen molar-refractivity contribution in [1.82, 2.24) is 4.90 Å². The van der Waals surface area contributed by atoms with Gasteiger partial charge in [-0.15, -0.1) is 0 Å². The highest BCUT2D eigenvalue weighted by molar-refractivity contribution is 6.23. The van der Waals surface area contributed by atoms with Crippen LogP contribution >= 0.6 is 0 Å². The Kier molecular flexibility index (Phi) is 12.5. The molecule has 1 unspecified atom stereocenters. The Morgan fingerprint density at radius 1 is 0.717 bits per heavy atom. The van der Waals surface area contributed by atoms with Gasteiger partial charge in [0.2, 0.25) is 0 Å². The highest BCUT2D eigenvalue weighted by atomic mass is 16.5. The Balaban J connectivity index is 1.31. The Hall–Kier alpha value is -4.46. The predicted molar refractivity (Wildman–Crippen MR) is 177 cm³/mol. The van der Waals surface area contributed by atoms with Crippen LogP contribution in [0, 0.1) is 5.92 Å². The zero-order chi connectivity index (χ0) is 33.1. The number of rotatable bonds is 17. The molecule has 1 aliphatic heterocycles. The van der Waals surface area contributed by atoms with Gasteiger partial charge >= 0.3 is 11.9 Å². The summed E-state index contributed by atoms with van der Waals surface area (Å²) in [5.41, 5.74) is 2.27. The lowest BCUT2D eigenvalue weighted by Gasteiger charge is -2.25. The fourth-order valence-corrected chi connectivity index (χ4v) is 5.61. The first kappa shape index (κ1) is 34.4. The Bertz CT molecular complexity index is 1490. The number of ether oxygens (including phenoxy) is 3. The summed E-state index contributed by atoms with van der Waals surface area (Å²) in [7, 11) is 1.22. The van der Waals surface area contributed by atoms with Crippen LogP contribution in [-0.4, -0.2) is 48.4 Å². The summed E-state index contributed by atoms with van der Waals surface area (Å²) in [5.74, 6) is -1.34. The Labute approximate surface area is 272 Å². The maximum Gasteiger partial charge on any atom is 0.343 e. The van der Waals surface area contributed by atoms with Crippen LogP contribution in [0.4, 0.5) is 0 Å². The fraction of sp³-hybridized carbons (Fsp3) is 0.421. The number of methoxy groups -OCH3 is 1. The van der Waals surface area contributed by atoms with Gasteiger partial charge in [-0.25, -0.2) is 9.59 Å². The van der Waals surface area contributed by atoms with Crippen molar-refractivity contribution in [1.29, 1.82) is 0 Å². The molecule has 1 aliphatic rings. The zero-order valence-electron chi connectivity index (χ0n) is 27.4.